The average molecular weight is 224 g/mol. The molecule has 0 radical (unpaired) electrons. The lowest BCUT2D eigenvalue weighted by atomic mass is 10.4. The molecule has 16 heavy (non-hydrogen) atoms. The van der Waals surface area contributed by atoms with Crippen molar-refractivity contribution < 1.29 is 13.9 Å². The second-order valence-electron chi connectivity index (χ2n) is 3.82. The van der Waals surface area contributed by atoms with E-state index in [2.05, 4.69) is 0 Å². The average Bonchev–Trinajstić information content (AvgIpc) is 2.82. The Kier molecular flexibility index (Phi) is 3.46. The van der Waals surface area contributed by atoms with Crippen molar-refractivity contribution in [1.29, 1.82) is 0 Å². The van der Waals surface area contributed by atoms with Crippen LogP contribution in [-0.4, -0.2) is 49.2 Å². The van der Waals surface area contributed by atoms with Gasteiger partial charge in [0.2, 0.25) is 0 Å². The summed E-state index contributed by atoms with van der Waals surface area (Å²) < 4.78 is 10.4. The molecule has 0 N–H and O–H groups in total. The predicted octanol–water partition coefficient (Wildman–Crippen LogP) is 1.16. The highest BCUT2D eigenvalue weighted by molar-refractivity contribution is 5.74. The van der Waals surface area contributed by atoms with Crippen molar-refractivity contribution in [3.63, 3.8) is 0 Å². The van der Waals surface area contributed by atoms with Gasteiger partial charge in [0.05, 0.1) is 26.0 Å². The number of hydrogen-bond acceptors (Lipinski definition) is 3. The number of morpholine rings is 1. The quantitative estimate of drug-likeness (QED) is 0.757. The second kappa shape index (κ2) is 5.03. The Hall–Kier alpha value is -1.49. The van der Waals surface area contributed by atoms with Crippen molar-refractivity contribution in [2.45, 2.75) is 6.54 Å². The van der Waals surface area contributed by atoms with Crippen molar-refractivity contribution in [1.82, 2.24) is 9.80 Å². The highest BCUT2D eigenvalue weighted by atomic mass is 16.5. The minimum Gasteiger partial charge on any atom is -0.467 e. The van der Waals surface area contributed by atoms with Gasteiger partial charge in [-0.2, -0.15) is 0 Å². The summed E-state index contributed by atoms with van der Waals surface area (Å²) in [6.07, 6.45) is 1.61. The van der Waals surface area contributed by atoms with Crippen LogP contribution < -0.4 is 0 Å². The number of urea groups is 1. The number of furan rings is 1. The van der Waals surface area contributed by atoms with Crippen molar-refractivity contribution in [3.05, 3.63) is 24.2 Å². The fraction of sp³-hybridized carbons (Fsp3) is 0.545. The summed E-state index contributed by atoms with van der Waals surface area (Å²) in [6.45, 7) is 3.09. The number of carbonyl (C=O) groups excluding carboxylic acids is 1. The Morgan fingerprint density at radius 3 is 2.88 bits per heavy atom. The Labute approximate surface area is 94.6 Å². The van der Waals surface area contributed by atoms with E-state index < -0.39 is 0 Å². The highest BCUT2D eigenvalue weighted by Gasteiger charge is 2.20. The lowest BCUT2D eigenvalue weighted by Gasteiger charge is -2.30. The van der Waals surface area contributed by atoms with Crippen LogP contribution in [-0.2, 0) is 11.3 Å². The van der Waals surface area contributed by atoms with Crippen LogP contribution in [0.5, 0.6) is 0 Å². The molecule has 0 unspecified atom stereocenters. The van der Waals surface area contributed by atoms with Crippen LogP contribution in [0.1, 0.15) is 5.76 Å². The zero-order chi connectivity index (χ0) is 11.4. The van der Waals surface area contributed by atoms with Gasteiger partial charge in [0.1, 0.15) is 5.76 Å². The summed E-state index contributed by atoms with van der Waals surface area (Å²) in [6, 6.07) is 3.71. The summed E-state index contributed by atoms with van der Waals surface area (Å²) in [4.78, 5) is 15.4. The lowest BCUT2D eigenvalue weighted by molar-refractivity contribution is 0.0443. The summed E-state index contributed by atoms with van der Waals surface area (Å²) in [5.41, 5.74) is 0. The van der Waals surface area contributed by atoms with Crippen LogP contribution in [0.15, 0.2) is 22.8 Å². The molecule has 0 aliphatic carbocycles. The van der Waals surface area contributed by atoms with Crippen molar-refractivity contribution in [2.24, 2.45) is 0 Å². The van der Waals surface area contributed by atoms with E-state index in [9.17, 15) is 4.79 Å². The number of rotatable bonds is 2. The Morgan fingerprint density at radius 2 is 2.25 bits per heavy atom. The first-order chi connectivity index (χ1) is 7.77. The van der Waals surface area contributed by atoms with Crippen LogP contribution in [0, 0.1) is 0 Å². The molecule has 0 atom stereocenters. The standard InChI is InChI=1S/C11H16N2O3/c1-12(9-10-3-2-6-16-10)11(14)13-4-7-15-8-5-13/h2-3,6H,4-5,7-9H2,1H3. The summed E-state index contributed by atoms with van der Waals surface area (Å²) >= 11 is 0. The molecule has 0 spiro atoms. The van der Waals surface area contributed by atoms with E-state index in [1.165, 1.54) is 0 Å². The smallest absolute Gasteiger partial charge is 0.320 e. The molecular formula is C11H16N2O3. The van der Waals surface area contributed by atoms with E-state index in [0.717, 1.165) is 5.76 Å². The molecule has 1 aromatic rings. The van der Waals surface area contributed by atoms with Crippen LogP contribution in [0.2, 0.25) is 0 Å². The molecule has 0 bridgehead atoms. The monoisotopic (exact) mass is 224 g/mol. The molecule has 1 fully saturated rings. The first-order valence-corrected chi connectivity index (χ1v) is 5.37. The number of hydrogen-bond donors (Lipinski definition) is 0. The van der Waals surface area contributed by atoms with E-state index in [-0.39, 0.29) is 6.03 Å². The molecule has 2 heterocycles. The first kappa shape index (κ1) is 11.0. The van der Waals surface area contributed by atoms with Crippen LogP contribution >= 0.6 is 0 Å². The maximum atomic E-state index is 12.0. The zero-order valence-corrected chi connectivity index (χ0v) is 9.39. The molecule has 0 saturated carbocycles. The molecule has 5 nitrogen and oxygen atoms in total. The fourth-order valence-corrected chi connectivity index (χ4v) is 1.70. The predicted molar refractivity (Wildman–Crippen MR) is 58.0 cm³/mol. The molecule has 88 valence electrons. The first-order valence-electron chi connectivity index (χ1n) is 5.37. The fourth-order valence-electron chi connectivity index (χ4n) is 1.70. The highest BCUT2D eigenvalue weighted by Crippen LogP contribution is 2.07. The Balaban J connectivity index is 1.88. The summed E-state index contributed by atoms with van der Waals surface area (Å²) in [5, 5.41) is 0. The third kappa shape index (κ3) is 2.55. The van der Waals surface area contributed by atoms with Crippen molar-refractivity contribution >= 4 is 6.03 Å². The topological polar surface area (TPSA) is 45.9 Å². The van der Waals surface area contributed by atoms with E-state index >= 15 is 0 Å². The normalized spacial score (nSPS) is 16.2. The van der Waals surface area contributed by atoms with Gasteiger partial charge in [-0.25, -0.2) is 4.79 Å². The third-order valence-electron chi connectivity index (χ3n) is 2.58. The summed E-state index contributed by atoms with van der Waals surface area (Å²) in [7, 11) is 1.78. The van der Waals surface area contributed by atoms with Crippen molar-refractivity contribution in [3.8, 4) is 0 Å². The molecule has 2 amide bonds. The van der Waals surface area contributed by atoms with Crippen LogP contribution in [0.3, 0.4) is 0 Å². The SMILES string of the molecule is CN(Cc1ccco1)C(=O)N1CCOCC1. The maximum absolute atomic E-state index is 12.0. The zero-order valence-electron chi connectivity index (χ0n) is 9.39. The van der Waals surface area contributed by atoms with E-state index in [0.29, 0.717) is 32.8 Å². The largest absolute Gasteiger partial charge is 0.467 e. The second-order valence-corrected chi connectivity index (χ2v) is 3.82. The Bertz CT molecular complexity index is 331. The molecule has 1 saturated heterocycles. The van der Waals surface area contributed by atoms with Gasteiger partial charge in [-0.05, 0) is 12.1 Å². The summed E-state index contributed by atoms with van der Waals surface area (Å²) in [5.74, 6) is 0.795. The molecule has 5 heteroatoms. The van der Waals surface area contributed by atoms with Gasteiger partial charge < -0.3 is 19.0 Å². The van der Waals surface area contributed by atoms with Crippen LogP contribution in [0.25, 0.3) is 0 Å². The van der Waals surface area contributed by atoms with Crippen molar-refractivity contribution in [2.75, 3.05) is 33.4 Å². The molecule has 1 aromatic heterocycles. The van der Waals surface area contributed by atoms with Gasteiger partial charge in [0, 0.05) is 20.1 Å². The van der Waals surface area contributed by atoms with Gasteiger partial charge in [-0.15, -0.1) is 0 Å². The molecule has 2 rings (SSSR count). The van der Waals surface area contributed by atoms with Gasteiger partial charge in [0.15, 0.2) is 0 Å². The van der Waals surface area contributed by atoms with Gasteiger partial charge in [0.25, 0.3) is 0 Å². The van der Waals surface area contributed by atoms with Gasteiger partial charge in [-0.3, -0.25) is 0 Å². The molecule has 0 aromatic carbocycles. The van der Waals surface area contributed by atoms with E-state index in [1.54, 1.807) is 23.1 Å². The van der Waals surface area contributed by atoms with Gasteiger partial charge >= 0.3 is 6.03 Å². The number of ether oxygens (including phenoxy) is 1. The van der Waals surface area contributed by atoms with Crippen LogP contribution in [0.4, 0.5) is 4.79 Å². The molecule has 1 aliphatic heterocycles. The van der Waals surface area contributed by atoms with E-state index in [1.807, 2.05) is 12.1 Å². The van der Waals surface area contributed by atoms with E-state index in [4.69, 9.17) is 9.15 Å². The third-order valence-corrected chi connectivity index (χ3v) is 2.58. The maximum Gasteiger partial charge on any atom is 0.320 e. The number of carbonyl (C=O) groups is 1. The lowest BCUT2D eigenvalue weighted by Crippen LogP contribution is -2.46. The Morgan fingerprint density at radius 1 is 1.50 bits per heavy atom. The minimum absolute atomic E-state index is 0.0275. The molecule has 1 aliphatic rings. The molecular weight excluding hydrogens is 208 g/mol. The minimum atomic E-state index is 0.0275. The number of nitrogens with zero attached hydrogens (tertiary/aromatic N) is 2. The number of amides is 2. The van der Waals surface area contributed by atoms with Gasteiger partial charge in [-0.1, -0.05) is 0 Å².